The van der Waals surface area contributed by atoms with E-state index in [1.165, 1.54) is 0 Å². The molecule has 0 saturated heterocycles. The van der Waals surface area contributed by atoms with Gasteiger partial charge in [-0.1, -0.05) is 32.9 Å². The van der Waals surface area contributed by atoms with Crippen molar-refractivity contribution in [2.24, 2.45) is 11.8 Å². The maximum absolute atomic E-state index is 8.61. The van der Waals surface area contributed by atoms with E-state index in [-0.39, 0.29) is 0 Å². The van der Waals surface area contributed by atoms with Crippen LogP contribution in [0.2, 0.25) is 0 Å². The Morgan fingerprint density at radius 1 is 1.27 bits per heavy atom. The lowest BCUT2D eigenvalue weighted by Gasteiger charge is -2.02. The van der Waals surface area contributed by atoms with Crippen molar-refractivity contribution in [2.75, 3.05) is 6.61 Å². The molecule has 0 saturated carbocycles. The van der Waals surface area contributed by atoms with Crippen molar-refractivity contribution in [3.05, 3.63) is 12.2 Å². The summed E-state index contributed by atoms with van der Waals surface area (Å²) in [4.78, 5) is 0. The Kier molecular flexibility index (Phi) is 6.24. The molecule has 1 nitrogen and oxygen atoms in total. The molecule has 1 unspecified atom stereocenters. The van der Waals surface area contributed by atoms with E-state index in [2.05, 4.69) is 32.9 Å². The van der Waals surface area contributed by atoms with Gasteiger partial charge in [-0.3, -0.25) is 0 Å². The van der Waals surface area contributed by atoms with Crippen molar-refractivity contribution in [2.45, 2.75) is 33.6 Å². The average molecular weight is 156 g/mol. The maximum atomic E-state index is 8.61. The van der Waals surface area contributed by atoms with E-state index in [1.807, 2.05) is 0 Å². The highest BCUT2D eigenvalue weighted by atomic mass is 16.2. The van der Waals surface area contributed by atoms with Crippen LogP contribution in [-0.2, 0) is 0 Å². The summed E-state index contributed by atoms with van der Waals surface area (Å²) in [6.45, 7) is 6.85. The second kappa shape index (κ2) is 6.41. The molecule has 0 aromatic carbocycles. The van der Waals surface area contributed by atoms with Crippen LogP contribution in [0.25, 0.3) is 0 Å². The number of hydrogen-bond donors (Lipinski definition) is 1. The Labute approximate surface area is 70.1 Å². The van der Waals surface area contributed by atoms with Crippen molar-refractivity contribution in [1.82, 2.24) is 0 Å². The van der Waals surface area contributed by atoms with Crippen LogP contribution in [0.3, 0.4) is 0 Å². The van der Waals surface area contributed by atoms with E-state index < -0.39 is 0 Å². The zero-order valence-corrected chi connectivity index (χ0v) is 7.88. The Hall–Kier alpha value is -0.300. The van der Waals surface area contributed by atoms with Crippen LogP contribution in [0.1, 0.15) is 33.6 Å². The van der Waals surface area contributed by atoms with E-state index in [0.29, 0.717) is 12.5 Å². The van der Waals surface area contributed by atoms with Crippen molar-refractivity contribution in [1.29, 1.82) is 0 Å². The largest absolute Gasteiger partial charge is 0.396 e. The molecule has 1 atom stereocenters. The van der Waals surface area contributed by atoms with Crippen LogP contribution in [0, 0.1) is 11.8 Å². The van der Waals surface area contributed by atoms with Gasteiger partial charge in [0, 0.05) is 6.61 Å². The minimum Gasteiger partial charge on any atom is -0.396 e. The van der Waals surface area contributed by atoms with Gasteiger partial charge in [-0.15, -0.1) is 0 Å². The topological polar surface area (TPSA) is 20.2 Å². The van der Waals surface area contributed by atoms with Gasteiger partial charge in [0.25, 0.3) is 0 Å². The standard InChI is InChI=1S/C10H20O/c1-9(2)5-4-6-10(3)7-8-11/h4,6,9-11H,5,7-8H2,1-3H3/b6-4+. The van der Waals surface area contributed by atoms with Gasteiger partial charge in [-0.2, -0.15) is 0 Å². The fourth-order valence-corrected chi connectivity index (χ4v) is 0.883. The van der Waals surface area contributed by atoms with Gasteiger partial charge in [0.15, 0.2) is 0 Å². The molecule has 1 N–H and O–H groups in total. The molecule has 66 valence electrons. The molecule has 11 heavy (non-hydrogen) atoms. The van der Waals surface area contributed by atoms with Crippen molar-refractivity contribution in [3.8, 4) is 0 Å². The lowest BCUT2D eigenvalue weighted by atomic mass is 10.1. The third-order valence-corrected chi connectivity index (χ3v) is 1.66. The SMILES string of the molecule is CC(C)C/C=C/C(C)CCO. The van der Waals surface area contributed by atoms with E-state index in [4.69, 9.17) is 5.11 Å². The van der Waals surface area contributed by atoms with E-state index in [9.17, 15) is 0 Å². The van der Waals surface area contributed by atoms with Gasteiger partial charge < -0.3 is 5.11 Å². The van der Waals surface area contributed by atoms with E-state index >= 15 is 0 Å². The molecule has 0 aromatic rings. The van der Waals surface area contributed by atoms with E-state index in [1.54, 1.807) is 0 Å². The van der Waals surface area contributed by atoms with Gasteiger partial charge in [0.1, 0.15) is 0 Å². The summed E-state index contributed by atoms with van der Waals surface area (Å²) in [5.74, 6) is 1.27. The van der Waals surface area contributed by atoms with Gasteiger partial charge in [0.2, 0.25) is 0 Å². The lowest BCUT2D eigenvalue weighted by Crippen LogP contribution is -1.93. The molecule has 0 aliphatic heterocycles. The third kappa shape index (κ3) is 7.60. The maximum Gasteiger partial charge on any atom is 0.0436 e. The summed E-state index contributed by atoms with van der Waals surface area (Å²) >= 11 is 0. The number of allylic oxidation sites excluding steroid dienone is 2. The van der Waals surface area contributed by atoms with E-state index in [0.717, 1.165) is 18.8 Å². The first-order valence-corrected chi connectivity index (χ1v) is 4.44. The Morgan fingerprint density at radius 3 is 2.36 bits per heavy atom. The summed E-state index contributed by atoms with van der Waals surface area (Å²) < 4.78 is 0. The summed E-state index contributed by atoms with van der Waals surface area (Å²) in [6, 6.07) is 0. The molecule has 0 radical (unpaired) electrons. The molecule has 0 fully saturated rings. The van der Waals surface area contributed by atoms with Crippen LogP contribution < -0.4 is 0 Å². The van der Waals surface area contributed by atoms with Crippen LogP contribution in [-0.4, -0.2) is 11.7 Å². The zero-order chi connectivity index (χ0) is 8.69. The predicted molar refractivity (Wildman–Crippen MR) is 49.5 cm³/mol. The molecule has 1 heteroatoms. The summed E-state index contributed by atoms with van der Waals surface area (Å²) in [6.07, 6.45) is 6.44. The summed E-state index contributed by atoms with van der Waals surface area (Å²) in [5, 5.41) is 8.61. The number of rotatable bonds is 5. The highest BCUT2D eigenvalue weighted by molar-refractivity contribution is 4.86. The first-order chi connectivity index (χ1) is 5.16. The highest BCUT2D eigenvalue weighted by Crippen LogP contribution is 2.06. The minimum absolute atomic E-state index is 0.299. The monoisotopic (exact) mass is 156 g/mol. The van der Waals surface area contributed by atoms with Gasteiger partial charge in [-0.25, -0.2) is 0 Å². The fraction of sp³-hybridized carbons (Fsp3) is 0.800. The summed E-state index contributed by atoms with van der Waals surface area (Å²) in [5.41, 5.74) is 0. The zero-order valence-electron chi connectivity index (χ0n) is 7.88. The highest BCUT2D eigenvalue weighted by Gasteiger charge is 1.94. The van der Waals surface area contributed by atoms with Gasteiger partial charge in [-0.05, 0) is 24.7 Å². The molecular weight excluding hydrogens is 136 g/mol. The molecule has 0 rings (SSSR count). The normalized spacial score (nSPS) is 14.6. The second-order valence-electron chi connectivity index (χ2n) is 3.55. The molecule has 0 heterocycles. The molecule has 0 amide bonds. The summed E-state index contributed by atoms with van der Waals surface area (Å²) in [7, 11) is 0. The smallest absolute Gasteiger partial charge is 0.0436 e. The Balaban J connectivity index is 3.39. The van der Waals surface area contributed by atoms with Crippen LogP contribution in [0.4, 0.5) is 0 Å². The quantitative estimate of drug-likeness (QED) is 0.607. The number of aliphatic hydroxyl groups excluding tert-OH is 1. The average Bonchev–Trinajstić information content (AvgIpc) is 1.87. The van der Waals surface area contributed by atoms with Crippen molar-refractivity contribution in [3.63, 3.8) is 0 Å². The van der Waals surface area contributed by atoms with Crippen LogP contribution in [0.5, 0.6) is 0 Å². The Morgan fingerprint density at radius 2 is 1.91 bits per heavy atom. The van der Waals surface area contributed by atoms with Gasteiger partial charge in [0.05, 0.1) is 0 Å². The molecule has 0 aliphatic rings. The first-order valence-electron chi connectivity index (χ1n) is 4.44. The molecular formula is C10H20O. The second-order valence-corrected chi connectivity index (χ2v) is 3.55. The number of aliphatic hydroxyl groups is 1. The molecule has 0 aliphatic carbocycles. The Bertz CT molecular complexity index is 105. The first kappa shape index (κ1) is 10.7. The predicted octanol–water partition coefficient (Wildman–Crippen LogP) is 2.61. The van der Waals surface area contributed by atoms with Crippen molar-refractivity contribution >= 4 is 0 Å². The van der Waals surface area contributed by atoms with Crippen molar-refractivity contribution < 1.29 is 5.11 Å². The van der Waals surface area contributed by atoms with Crippen LogP contribution >= 0.6 is 0 Å². The number of hydrogen-bond acceptors (Lipinski definition) is 1. The fourth-order valence-electron chi connectivity index (χ4n) is 0.883. The van der Waals surface area contributed by atoms with Gasteiger partial charge >= 0.3 is 0 Å². The molecule has 0 aromatic heterocycles. The molecule has 0 spiro atoms. The third-order valence-electron chi connectivity index (χ3n) is 1.66. The van der Waals surface area contributed by atoms with Crippen LogP contribution in [0.15, 0.2) is 12.2 Å². The molecule has 0 bridgehead atoms. The lowest BCUT2D eigenvalue weighted by molar-refractivity contribution is 0.274. The minimum atomic E-state index is 0.299.